The first kappa shape index (κ1) is 16.9. The van der Waals surface area contributed by atoms with Crippen LogP contribution in [0.3, 0.4) is 0 Å². The second-order valence-corrected chi connectivity index (χ2v) is 8.55. The summed E-state index contributed by atoms with van der Waals surface area (Å²) in [6.07, 6.45) is 3.24. The van der Waals surface area contributed by atoms with Gasteiger partial charge in [0.2, 0.25) is 10.0 Å². The van der Waals surface area contributed by atoms with Crippen molar-refractivity contribution in [1.82, 2.24) is 9.62 Å². The summed E-state index contributed by atoms with van der Waals surface area (Å²) in [7, 11) is -1.78. The number of halogens is 1. The molecule has 0 saturated heterocycles. The van der Waals surface area contributed by atoms with E-state index in [2.05, 4.69) is 21.2 Å². The van der Waals surface area contributed by atoms with Crippen LogP contribution in [0, 0.1) is 6.92 Å². The highest BCUT2D eigenvalue weighted by molar-refractivity contribution is 9.10. The largest absolute Gasteiger partial charge is 0.310 e. The van der Waals surface area contributed by atoms with Crippen molar-refractivity contribution in [3.63, 3.8) is 0 Å². The van der Waals surface area contributed by atoms with Gasteiger partial charge in [-0.05, 0) is 49.4 Å². The molecule has 0 amide bonds. The molecule has 1 saturated carbocycles. The minimum absolute atomic E-state index is 0.403. The van der Waals surface area contributed by atoms with E-state index in [1.165, 1.54) is 17.1 Å². The van der Waals surface area contributed by atoms with Crippen LogP contribution in [0.25, 0.3) is 0 Å². The molecule has 0 heterocycles. The normalized spacial score (nSPS) is 15.7. The first-order valence-corrected chi connectivity index (χ1v) is 9.58. The van der Waals surface area contributed by atoms with Crippen molar-refractivity contribution in [3.8, 4) is 0 Å². The predicted molar refractivity (Wildman–Crippen MR) is 88.8 cm³/mol. The van der Waals surface area contributed by atoms with Crippen LogP contribution in [0.15, 0.2) is 21.5 Å². The molecular formula is C15H23BrN2O2S. The highest BCUT2D eigenvalue weighted by atomic mass is 79.9. The van der Waals surface area contributed by atoms with Crippen LogP contribution in [-0.4, -0.2) is 32.4 Å². The molecule has 0 atom stereocenters. The average molecular weight is 375 g/mol. The Morgan fingerprint density at radius 1 is 1.38 bits per heavy atom. The molecule has 1 N–H and O–H groups in total. The fourth-order valence-corrected chi connectivity index (χ4v) is 4.42. The molecule has 0 spiro atoms. The average Bonchev–Trinajstić information content (AvgIpc) is 3.24. The van der Waals surface area contributed by atoms with Crippen molar-refractivity contribution in [2.75, 3.05) is 13.6 Å². The van der Waals surface area contributed by atoms with Gasteiger partial charge in [0.1, 0.15) is 0 Å². The van der Waals surface area contributed by atoms with Gasteiger partial charge >= 0.3 is 0 Å². The molecule has 1 fully saturated rings. The van der Waals surface area contributed by atoms with Crippen molar-refractivity contribution >= 4 is 26.0 Å². The first-order valence-electron chi connectivity index (χ1n) is 7.35. The van der Waals surface area contributed by atoms with E-state index < -0.39 is 10.0 Å². The van der Waals surface area contributed by atoms with E-state index in [-0.39, 0.29) is 0 Å². The molecule has 0 unspecified atom stereocenters. The summed E-state index contributed by atoms with van der Waals surface area (Å²) in [5.74, 6) is 0. The molecule has 0 radical (unpaired) electrons. The summed E-state index contributed by atoms with van der Waals surface area (Å²) in [5, 5.41) is 3.42. The number of sulfonamides is 1. The van der Waals surface area contributed by atoms with Crippen LogP contribution < -0.4 is 5.32 Å². The zero-order chi connectivity index (χ0) is 15.6. The molecule has 1 aliphatic rings. The van der Waals surface area contributed by atoms with E-state index in [0.717, 1.165) is 22.0 Å². The van der Waals surface area contributed by atoms with Gasteiger partial charge in [0.15, 0.2) is 0 Å². The third-order valence-corrected chi connectivity index (χ3v) is 6.56. The molecule has 2 rings (SSSR count). The Kier molecular flexibility index (Phi) is 5.46. The second kappa shape index (κ2) is 6.77. The predicted octanol–water partition coefficient (Wildman–Crippen LogP) is 3.04. The summed E-state index contributed by atoms with van der Waals surface area (Å²) in [4.78, 5) is 0.403. The van der Waals surface area contributed by atoms with Gasteiger partial charge in [-0.3, -0.25) is 0 Å². The van der Waals surface area contributed by atoms with Gasteiger partial charge in [-0.1, -0.05) is 22.9 Å². The lowest BCUT2D eigenvalue weighted by atomic mass is 10.1. The van der Waals surface area contributed by atoms with Crippen LogP contribution in [0.5, 0.6) is 0 Å². The Balaban J connectivity index is 2.31. The quantitative estimate of drug-likeness (QED) is 0.797. The SMILES string of the molecule is CCCN(C)S(=O)(=O)c1cc(CNC2CC2)cc(Br)c1C. The lowest BCUT2D eigenvalue weighted by Crippen LogP contribution is -2.28. The molecule has 21 heavy (non-hydrogen) atoms. The third kappa shape index (κ3) is 4.06. The molecule has 0 aromatic heterocycles. The molecule has 1 aliphatic carbocycles. The monoisotopic (exact) mass is 374 g/mol. The maximum absolute atomic E-state index is 12.7. The molecule has 4 nitrogen and oxygen atoms in total. The van der Waals surface area contributed by atoms with Crippen LogP contribution in [0.1, 0.15) is 37.3 Å². The van der Waals surface area contributed by atoms with Gasteiger partial charge in [0.25, 0.3) is 0 Å². The van der Waals surface area contributed by atoms with Crippen LogP contribution in [0.4, 0.5) is 0 Å². The Morgan fingerprint density at radius 3 is 2.62 bits per heavy atom. The summed E-state index contributed by atoms with van der Waals surface area (Å²) in [6, 6.07) is 4.41. The molecule has 6 heteroatoms. The van der Waals surface area contributed by atoms with Crippen molar-refractivity contribution in [3.05, 3.63) is 27.7 Å². The molecule has 1 aromatic carbocycles. The van der Waals surface area contributed by atoms with Crippen molar-refractivity contribution in [2.24, 2.45) is 0 Å². The minimum Gasteiger partial charge on any atom is -0.310 e. The Hall–Kier alpha value is -0.430. The van der Waals surface area contributed by atoms with Gasteiger partial charge in [0, 0.05) is 30.7 Å². The third-order valence-electron chi connectivity index (χ3n) is 3.76. The van der Waals surface area contributed by atoms with Crippen LogP contribution >= 0.6 is 15.9 Å². The van der Waals surface area contributed by atoms with Gasteiger partial charge < -0.3 is 5.32 Å². The van der Waals surface area contributed by atoms with E-state index >= 15 is 0 Å². The number of hydrogen-bond acceptors (Lipinski definition) is 3. The highest BCUT2D eigenvalue weighted by Crippen LogP contribution is 2.28. The summed E-state index contributed by atoms with van der Waals surface area (Å²) >= 11 is 3.49. The first-order chi connectivity index (χ1) is 9.86. The molecule has 0 aliphatic heterocycles. The van der Waals surface area contributed by atoms with E-state index in [9.17, 15) is 8.42 Å². The maximum Gasteiger partial charge on any atom is 0.243 e. The standard InChI is InChI=1S/C15H23BrN2O2S/c1-4-7-18(3)21(19,20)15-9-12(8-14(16)11(15)2)10-17-13-5-6-13/h8-9,13,17H,4-7,10H2,1-3H3. The van der Waals surface area contributed by atoms with Gasteiger partial charge in [0.05, 0.1) is 4.90 Å². The van der Waals surface area contributed by atoms with Crippen molar-refractivity contribution < 1.29 is 8.42 Å². The smallest absolute Gasteiger partial charge is 0.243 e. The van der Waals surface area contributed by atoms with E-state index in [1.54, 1.807) is 13.1 Å². The lowest BCUT2D eigenvalue weighted by molar-refractivity contribution is 0.468. The number of rotatable bonds is 7. The Morgan fingerprint density at radius 2 is 2.05 bits per heavy atom. The van der Waals surface area contributed by atoms with Gasteiger partial charge in [-0.2, -0.15) is 0 Å². The topological polar surface area (TPSA) is 49.4 Å². The number of nitrogens with one attached hydrogen (secondary N) is 1. The Bertz CT molecular complexity index is 612. The maximum atomic E-state index is 12.7. The Labute approximate surface area is 136 Å². The van der Waals surface area contributed by atoms with E-state index in [1.807, 2.05) is 19.9 Å². The van der Waals surface area contributed by atoms with Crippen molar-refractivity contribution in [2.45, 2.75) is 50.6 Å². The second-order valence-electron chi connectivity index (χ2n) is 5.68. The van der Waals surface area contributed by atoms with E-state index in [4.69, 9.17) is 0 Å². The van der Waals surface area contributed by atoms with Crippen LogP contribution in [0.2, 0.25) is 0 Å². The fraction of sp³-hybridized carbons (Fsp3) is 0.600. The molecular weight excluding hydrogens is 352 g/mol. The zero-order valence-corrected chi connectivity index (χ0v) is 15.2. The molecule has 118 valence electrons. The van der Waals surface area contributed by atoms with Gasteiger partial charge in [-0.25, -0.2) is 12.7 Å². The van der Waals surface area contributed by atoms with Gasteiger partial charge in [-0.15, -0.1) is 0 Å². The lowest BCUT2D eigenvalue weighted by Gasteiger charge is -2.19. The summed E-state index contributed by atoms with van der Waals surface area (Å²) < 4.78 is 27.6. The number of nitrogens with zero attached hydrogens (tertiary/aromatic N) is 1. The molecule has 1 aromatic rings. The van der Waals surface area contributed by atoms with E-state index in [0.29, 0.717) is 24.0 Å². The number of hydrogen-bond donors (Lipinski definition) is 1. The number of benzene rings is 1. The summed E-state index contributed by atoms with van der Waals surface area (Å²) in [5.41, 5.74) is 1.77. The van der Waals surface area contributed by atoms with Crippen LogP contribution in [-0.2, 0) is 16.6 Å². The van der Waals surface area contributed by atoms with Crippen molar-refractivity contribution in [1.29, 1.82) is 0 Å². The summed E-state index contributed by atoms with van der Waals surface area (Å²) in [6.45, 7) is 5.06. The molecule has 0 bridgehead atoms. The zero-order valence-electron chi connectivity index (χ0n) is 12.8. The fourth-order valence-electron chi connectivity index (χ4n) is 2.23. The minimum atomic E-state index is -3.42. The highest BCUT2D eigenvalue weighted by Gasteiger charge is 2.25.